The van der Waals surface area contributed by atoms with Crippen molar-refractivity contribution in [2.24, 2.45) is 34.5 Å². The number of fused-ring (bicyclic) bond motifs is 5. The predicted octanol–water partition coefficient (Wildman–Crippen LogP) is 6.44. The fraction of sp³-hybridized carbons (Fsp3) is 0.960. The molecule has 0 aromatic carbocycles. The molecule has 4 aliphatic rings. The fourth-order valence-electron chi connectivity index (χ4n) is 8.55. The summed E-state index contributed by atoms with van der Waals surface area (Å²) in [6.07, 6.45) is 17.6. The number of piperidine rings is 1. The number of amides is 1. The zero-order valence-electron chi connectivity index (χ0n) is 18.4. The van der Waals surface area contributed by atoms with Crippen molar-refractivity contribution in [3.05, 3.63) is 0 Å². The number of rotatable bonds is 5. The first kappa shape index (κ1) is 19.8. The van der Waals surface area contributed by atoms with Crippen molar-refractivity contribution in [1.82, 2.24) is 4.90 Å². The molecule has 3 aliphatic carbocycles. The standard InChI is InChI=1S/C25H43NO/c1-5-6-7-8-9-18-10-12-20-19-11-13-22-25(3,17-15-23(27)26(22)4)21(19)14-16-24(18,20)2/h18-22H,5-17H2,1-4H3/t18?,19-,20-,21+,22?,24+,25+/m0/s1. The summed E-state index contributed by atoms with van der Waals surface area (Å²) in [5, 5.41) is 0. The van der Waals surface area contributed by atoms with Crippen molar-refractivity contribution in [2.45, 2.75) is 110 Å². The third-order valence-electron chi connectivity index (χ3n) is 10.2. The molecule has 0 spiro atoms. The summed E-state index contributed by atoms with van der Waals surface area (Å²) in [6.45, 7) is 7.55. The molecule has 0 aromatic rings. The molecule has 1 heterocycles. The van der Waals surface area contributed by atoms with E-state index in [1.165, 1.54) is 70.6 Å². The molecule has 0 radical (unpaired) electrons. The highest BCUT2D eigenvalue weighted by Gasteiger charge is 2.60. The number of carbonyl (C=O) groups is 1. The van der Waals surface area contributed by atoms with Crippen LogP contribution in [0, 0.1) is 34.5 Å². The SMILES string of the molecule is CCCCCCC1CC[C@H]2[C@@H]3CCC4N(C)C(=O)CC[C@]4(C)[C@@H]3CC[C@]12C. The highest BCUT2D eigenvalue weighted by atomic mass is 16.2. The first-order valence-corrected chi connectivity index (χ1v) is 12.2. The summed E-state index contributed by atoms with van der Waals surface area (Å²) in [5.74, 6) is 4.15. The molecule has 0 bridgehead atoms. The summed E-state index contributed by atoms with van der Waals surface area (Å²) < 4.78 is 0. The van der Waals surface area contributed by atoms with Gasteiger partial charge in [0.15, 0.2) is 0 Å². The summed E-state index contributed by atoms with van der Waals surface area (Å²) >= 11 is 0. The van der Waals surface area contributed by atoms with Gasteiger partial charge in [0.1, 0.15) is 0 Å². The second-order valence-corrected chi connectivity index (χ2v) is 11.1. The lowest BCUT2D eigenvalue weighted by Gasteiger charge is -2.62. The van der Waals surface area contributed by atoms with Gasteiger partial charge in [0.2, 0.25) is 5.91 Å². The zero-order chi connectivity index (χ0) is 19.2. The predicted molar refractivity (Wildman–Crippen MR) is 112 cm³/mol. The molecule has 0 N–H and O–H groups in total. The van der Waals surface area contributed by atoms with Crippen LogP contribution in [0.15, 0.2) is 0 Å². The maximum absolute atomic E-state index is 12.3. The van der Waals surface area contributed by atoms with Crippen molar-refractivity contribution in [1.29, 1.82) is 0 Å². The Morgan fingerprint density at radius 2 is 1.70 bits per heavy atom. The summed E-state index contributed by atoms with van der Waals surface area (Å²) in [5.41, 5.74) is 0.999. The van der Waals surface area contributed by atoms with Gasteiger partial charge in [-0.2, -0.15) is 0 Å². The van der Waals surface area contributed by atoms with E-state index in [2.05, 4.69) is 32.7 Å². The molecule has 154 valence electrons. The van der Waals surface area contributed by atoms with Crippen LogP contribution in [-0.2, 0) is 4.79 Å². The highest BCUT2D eigenvalue weighted by molar-refractivity contribution is 5.77. The largest absolute Gasteiger partial charge is 0.342 e. The van der Waals surface area contributed by atoms with E-state index in [-0.39, 0.29) is 0 Å². The average molecular weight is 374 g/mol. The zero-order valence-corrected chi connectivity index (χ0v) is 18.4. The van der Waals surface area contributed by atoms with Crippen molar-refractivity contribution in [2.75, 3.05) is 7.05 Å². The van der Waals surface area contributed by atoms with Crippen LogP contribution in [0.4, 0.5) is 0 Å². The van der Waals surface area contributed by atoms with Gasteiger partial charge in [-0.15, -0.1) is 0 Å². The molecule has 2 nitrogen and oxygen atoms in total. The molecule has 0 aromatic heterocycles. The van der Waals surface area contributed by atoms with Crippen LogP contribution in [0.3, 0.4) is 0 Å². The van der Waals surface area contributed by atoms with Crippen molar-refractivity contribution in [3.63, 3.8) is 0 Å². The quantitative estimate of drug-likeness (QED) is 0.508. The molecular weight excluding hydrogens is 330 g/mol. The first-order chi connectivity index (χ1) is 12.9. The lowest BCUT2D eigenvalue weighted by atomic mass is 9.46. The van der Waals surface area contributed by atoms with Crippen LogP contribution in [-0.4, -0.2) is 23.9 Å². The van der Waals surface area contributed by atoms with E-state index in [0.717, 1.165) is 36.5 Å². The van der Waals surface area contributed by atoms with Gasteiger partial charge in [-0.3, -0.25) is 4.79 Å². The van der Waals surface area contributed by atoms with E-state index >= 15 is 0 Å². The van der Waals surface area contributed by atoms with E-state index in [9.17, 15) is 4.79 Å². The molecule has 4 rings (SSSR count). The Balaban J connectivity index is 1.48. The van der Waals surface area contributed by atoms with Gasteiger partial charge in [-0.1, -0.05) is 46.5 Å². The Morgan fingerprint density at radius 3 is 2.48 bits per heavy atom. The van der Waals surface area contributed by atoms with Crippen LogP contribution < -0.4 is 0 Å². The Kier molecular flexibility index (Phi) is 5.40. The first-order valence-electron chi connectivity index (χ1n) is 12.2. The molecule has 1 amide bonds. The highest BCUT2D eigenvalue weighted by Crippen LogP contribution is 2.66. The monoisotopic (exact) mass is 373 g/mol. The molecule has 3 saturated carbocycles. The van der Waals surface area contributed by atoms with Gasteiger partial charge in [0.05, 0.1) is 0 Å². The lowest BCUT2D eigenvalue weighted by molar-refractivity contribution is -0.158. The van der Waals surface area contributed by atoms with Crippen LogP contribution in [0.25, 0.3) is 0 Å². The number of carbonyl (C=O) groups excluding carboxylic acids is 1. The van der Waals surface area contributed by atoms with Crippen molar-refractivity contribution < 1.29 is 4.79 Å². The Hall–Kier alpha value is -0.530. The smallest absolute Gasteiger partial charge is 0.222 e. The molecule has 2 heteroatoms. The number of hydrogen-bond acceptors (Lipinski definition) is 1. The second kappa shape index (κ2) is 7.38. The Bertz CT molecular complexity index is 559. The van der Waals surface area contributed by atoms with Gasteiger partial charge < -0.3 is 4.90 Å². The lowest BCUT2D eigenvalue weighted by Crippen LogP contribution is -2.61. The van der Waals surface area contributed by atoms with E-state index < -0.39 is 0 Å². The average Bonchev–Trinajstić information content (AvgIpc) is 2.99. The summed E-state index contributed by atoms with van der Waals surface area (Å²) in [7, 11) is 2.08. The minimum Gasteiger partial charge on any atom is -0.342 e. The van der Waals surface area contributed by atoms with Gasteiger partial charge in [0, 0.05) is 19.5 Å². The van der Waals surface area contributed by atoms with E-state index in [0.29, 0.717) is 22.8 Å². The molecule has 2 unspecified atom stereocenters. The molecule has 4 fully saturated rings. The summed E-state index contributed by atoms with van der Waals surface area (Å²) in [4.78, 5) is 14.4. The molecule has 27 heavy (non-hydrogen) atoms. The third kappa shape index (κ3) is 3.08. The van der Waals surface area contributed by atoms with Gasteiger partial charge >= 0.3 is 0 Å². The van der Waals surface area contributed by atoms with Crippen LogP contribution in [0.5, 0.6) is 0 Å². The van der Waals surface area contributed by atoms with Gasteiger partial charge in [-0.25, -0.2) is 0 Å². The number of unbranched alkanes of at least 4 members (excludes halogenated alkanes) is 3. The maximum atomic E-state index is 12.3. The minimum atomic E-state index is 0.381. The Morgan fingerprint density at radius 1 is 0.926 bits per heavy atom. The fourth-order valence-corrected chi connectivity index (χ4v) is 8.55. The maximum Gasteiger partial charge on any atom is 0.222 e. The molecule has 1 aliphatic heterocycles. The molecule has 7 atom stereocenters. The van der Waals surface area contributed by atoms with Crippen molar-refractivity contribution >= 4 is 5.91 Å². The van der Waals surface area contributed by atoms with Crippen LogP contribution >= 0.6 is 0 Å². The van der Waals surface area contributed by atoms with Gasteiger partial charge in [0.25, 0.3) is 0 Å². The van der Waals surface area contributed by atoms with Crippen LogP contribution in [0.1, 0.15) is 104 Å². The van der Waals surface area contributed by atoms with E-state index in [4.69, 9.17) is 0 Å². The van der Waals surface area contributed by atoms with Gasteiger partial charge in [-0.05, 0) is 85.9 Å². The van der Waals surface area contributed by atoms with Crippen molar-refractivity contribution in [3.8, 4) is 0 Å². The van der Waals surface area contributed by atoms with Crippen LogP contribution in [0.2, 0.25) is 0 Å². The van der Waals surface area contributed by atoms with E-state index in [1.54, 1.807) is 0 Å². The van der Waals surface area contributed by atoms with E-state index in [1.807, 2.05) is 0 Å². The topological polar surface area (TPSA) is 20.3 Å². The number of hydrogen-bond donors (Lipinski definition) is 0. The number of nitrogens with zero attached hydrogens (tertiary/aromatic N) is 1. The normalized spacial score (nSPS) is 46.7. The molecular formula is C25H43NO. The molecule has 1 saturated heterocycles. The second-order valence-electron chi connectivity index (χ2n) is 11.1. The summed E-state index contributed by atoms with van der Waals surface area (Å²) in [6, 6.07) is 0.510. The third-order valence-corrected chi connectivity index (χ3v) is 10.2. The Labute approximate surface area is 167 Å². The minimum absolute atomic E-state index is 0.381. The number of likely N-dealkylation sites (tertiary alicyclic amines) is 1.